The molecule has 1 aliphatic rings. The van der Waals surface area contributed by atoms with E-state index in [-0.39, 0.29) is 19.0 Å². The highest BCUT2D eigenvalue weighted by Gasteiger charge is 2.32. The van der Waals surface area contributed by atoms with Gasteiger partial charge in [-0.1, -0.05) is 18.2 Å². The lowest BCUT2D eigenvalue weighted by Gasteiger charge is -2.32. The zero-order valence-corrected chi connectivity index (χ0v) is 11.3. The molecule has 6 nitrogen and oxygen atoms in total. The first kappa shape index (κ1) is 13.4. The largest absolute Gasteiger partial charge is 0.481 e. The van der Waals surface area contributed by atoms with Crippen LogP contribution < -0.4 is 4.90 Å². The third-order valence-corrected chi connectivity index (χ3v) is 3.66. The van der Waals surface area contributed by atoms with Crippen LogP contribution >= 0.6 is 0 Å². The van der Waals surface area contributed by atoms with Crippen LogP contribution in [0.4, 0.5) is 5.69 Å². The van der Waals surface area contributed by atoms with Gasteiger partial charge in [-0.15, -0.1) is 0 Å². The van der Waals surface area contributed by atoms with Gasteiger partial charge in [0, 0.05) is 24.6 Å². The summed E-state index contributed by atoms with van der Waals surface area (Å²) in [5.41, 5.74) is 1.69. The van der Waals surface area contributed by atoms with Crippen LogP contribution in [0.3, 0.4) is 0 Å². The number of anilines is 1. The van der Waals surface area contributed by atoms with E-state index in [0.717, 1.165) is 11.3 Å². The number of hydrogen-bond acceptors (Lipinski definition) is 3. The van der Waals surface area contributed by atoms with E-state index in [1.54, 1.807) is 23.4 Å². The molecule has 1 aliphatic heterocycles. The van der Waals surface area contributed by atoms with Gasteiger partial charge >= 0.3 is 5.97 Å². The molecule has 0 fully saturated rings. The number of para-hydroxylation sites is 1. The smallest absolute Gasteiger partial charge is 0.308 e. The normalized spacial score (nSPS) is 17.3. The standard InChI is InChI=1S/C15H15N3O3/c19-14(10-17-7-3-6-16-17)18-9-12(15(20)21)8-11-4-1-2-5-13(11)18/h1-7,12H,8-10H2,(H,20,21). The molecule has 21 heavy (non-hydrogen) atoms. The van der Waals surface area contributed by atoms with Gasteiger partial charge in [0.2, 0.25) is 5.91 Å². The van der Waals surface area contributed by atoms with E-state index in [1.807, 2.05) is 24.3 Å². The molecule has 1 aromatic heterocycles. The average molecular weight is 285 g/mol. The number of carboxylic acid groups (broad SMARTS) is 1. The van der Waals surface area contributed by atoms with Crippen LogP contribution in [0.5, 0.6) is 0 Å². The maximum atomic E-state index is 12.5. The molecule has 108 valence electrons. The lowest BCUT2D eigenvalue weighted by molar-refractivity contribution is -0.141. The number of carboxylic acids is 1. The lowest BCUT2D eigenvalue weighted by atomic mass is 9.92. The van der Waals surface area contributed by atoms with E-state index in [2.05, 4.69) is 5.10 Å². The Bertz CT molecular complexity index is 667. The van der Waals surface area contributed by atoms with Crippen molar-refractivity contribution in [2.45, 2.75) is 13.0 Å². The molecular weight excluding hydrogens is 270 g/mol. The predicted octanol–water partition coefficient (Wildman–Crippen LogP) is 1.17. The van der Waals surface area contributed by atoms with E-state index >= 15 is 0 Å². The van der Waals surface area contributed by atoms with Gasteiger partial charge in [-0.3, -0.25) is 14.3 Å². The third-order valence-electron chi connectivity index (χ3n) is 3.66. The molecule has 1 aromatic carbocycles. The second-order valence-electron chi connectivity index (χ2n) is 5.08. The fraction of sp³-hybridized carbons (Fsp3) is 0.267. The quantitative estimate of drug-likeness (QED) is 0.918. The molecule has 0 radical (unpaired) electrons. The van der Waals surface area contributed by atoms with E-state index in [4.69, 9.17) is 0 Å². The summed E-state index contributed by atoms with van der Waals surface area (Å²) in [6.07, 6.45) is 3.77. The minimum absolute atomic E-state index is 0.105. The topological polar surface area (TPSA) is 75.4 Å². The minimum atomic E-state index is -0.874. The highest BCUT2D eigenvalue weighted by Crippen LogP contribution is 2.29. The van der Waals surface area contributed by atoms with Crippen LogP contribution in [-0.4, -0.2) is 33.3 Å². The summed E-state index contributed by atoms with van der Waals surface area (Å²) in [6.45, 7) is 0.306. The van der Waals surface area contributed by atoms with Crippen molar-refractivity contribution in [1.82, 2.24) is 9.78 Å². The summed E-state index contributed by atoms with van der Waals surface area (Å²) in [6, 6.07) is 9.19. The molecule has 6 heteroatoms. The van der Waals surface area contributed by atoms with Crippen molar-refractivity contribution in [2.75, 3.05) is 11.4 Å². The maximum absolute atomic E-state index is 12.5. The number of carbonyl (C=O) groups is 2. The molecule has 2 aromatic rings. The third kappa shape index (κ3) is 2.65. The van der Waals surface area contributed by atoms with E-state index in [1.165, 1.54) is 4.68 Å². The molecule has 3 rings (SSSR count). The van der Waals surface area contributed by atoms with Gasteiger partial charge in [-0.2, -0.15) is 5.10 Å². The Labute approximate surface area is 121 Å². The van der Waals surface area contributed by atoms with E-state index in [0.29, 0.717) is 6.42 Å². The van der Waals surface area contributed by atoms with Crippen molar-refractivity contribution in [3.05, 3.63) is 48.3 Å². The van der Waals surface area contributed by atoms with Crippen LogP contribution in [0.15, 0.2) is 42.7 Å². The summed E-state index contributed by atoms with van der Waals surface area (Å²) < 4.78 is 1.54. The monoisotopic (exact) mass is 285 g/mol. The fourth-order valence-electron chi connectivity index (χ4n) is 2.61. The lowest BCUT2D eigenvalue weighted by Crippen LogP contribution is -2.44. The second kappa shape index (κ2) is 5.40. The molecular formula is C15H15N3O3. The van der Waals surface area contributed by atoms with Crippen LogP contribution in [0.2, 0.25) is 0 Å². The zero-order valence-electron chi connectivity index (χ0n) is 11.3. The molecule has 0 saturated carbocycles. The van der Waals surface area contributed by atoms with Gasteiger partial charge in [0.15, 0.2) is 0 Å². The van der Waals surface area contributed by atoms with Gasteiger partial charge in [0.25, 0.3) is 0 Å². The first-order valence-corrected chi connectivity index (χ1v) is 6.73. The Morgan fingerprint density at radius 3 is 2.81 bits per heavy atom. The Balaban J connectivity index is 1.89. The number of rotatable bonds is 3. The number of hydrogen-bond donors (Lipinski definition) is 1. The highest BCUT2D eigenvalue weighted by molar-refractivity contribution is 5.95. The zero-order chi connectivity index (χ0) is 14.8. The van der Waals surface area contributed by atoms with Crippen molar-refractivity contribution in [2.24, 2.45) is 5.92 Å². The van der Waals surface area contributed by atoms with Crippen LogP contribution in [0, 0.1) is 5.92 Å². The number of benzene rings is 1. The van der Waals surface area contributed by atoms with Crippen molar-refractivity contribution in [3.8, 4) is 0 Å². The number of fused-ring (bicyclic) bond motifs is 1. The van der Waals surface area contributed by atoms with Gasteiger partial charge < -0.3 is 10.0 Å². The number of carbonyl (C=O) groups excluding carboxylic acids is 1. The number of nitrogens with zero attached hydrogens (tertiary/aromatic N) is 3. The Morgan fingerprint density at radius 2 is 2.10 bits per heavy atom. The number of amides is 1. The summed E-state index contributed by atoms with van der Waals surface area (Å²) in [4.78, 5) is 25.3. The van der Waals surface area contributed by atoms with Crippen LogP contribution in [0.1, 0.15) is 5.56 Å². The molecule has 1 amide bonds. The maximum Gasteiger partial charge on any atom is 0.308 e. The minimum Gasteiger partial charge on any atom is -0.481 e. The van der Waals surface area contributed by atoms with Crippen LogP contribution in [-0.2, 0) is 22.6 Å². The second-order valence-corrected chi connectivity index (χ2v) is 5.08. The van der Waals surface area contributed by atoms with Crippen LogP contribution in [0.25, 0.3) is 0 Å². The van der Waals surface area contributed by atoms with Gasteiger partial charge in [-0.05, 0) is 24.1 Å². The van der Waals surface area contributed by atoms with Crippen molar-refractivity contribution in [1.29, 1.82) is 0 Å². The van der Waals surface area contributed by atoms with E-state index in [9.17, 15) is 14.7 Å². The Hall–Kier alpha value is -2.63. The van der Waals surface area contributed by atoms with E-state index < -0.39 is 11.9 Å². The van der Waals surface area contributed by atoms with Crippen molar-refractivity contribution >= 4 is 17.6 Å². The summed E-state index contributed by atoms with van der Waals surface area (Å²) in [5.74, 6) is -1.60. The Kier molecular flexibility index (Phi) is 3.43. The molecule has 0 spiro atoms. The predicted molar refractivity (Wildman–Crippen MR) is 75.9 cm³/mol. The summed E-state index contributed by atoms with van der Waals surface area (Å²) in [5, 5.41) is 13.3. The molecule has 0 bridgehead atoms. The fourth-order valence-corrected chi connectivity index (χ4v) is 2.61. The molecule has 1 N–H and O–H groups in total. The van der Waals surface area contributed by atoms with Gasteiger partial charge in [0.1, 0.15) is 6.54 Å². The van der Waals surface area contributed by atoms with Crippen molar-refractivity contribution in [3.63, 3.8) is 0 Å². The SMILES string of the molecule is O=C(O)C1Cc2ccccc2N(C(=O)Cn2cccn2)C1. The molecule has 1 unspecified atom stereocenters. The first-order chi connectivity index (χ1) is 10.1. The van der Waals surface area contributed by atoms with Gasteiger partial charge in [-0.25, -0.2) is 0 Å². The molecule has 0 aliphatic carbocycles. The Morgan fingerprint density at radius 1 is 1.29 bits per heavy atom. The summed E-state index contributed by atoms with van der Waals surface area (Å²) in [7, 11) is 0. The first-order valence-electron chi connectivity index (χ1n) is 6.73. The highest BCUT2D eigenvalue weighted by atomic mass is 16.4. The molecule has 2 heterocycles. The molecule has 1 atom stereocenters. The van der Waals surface area contributed by atoms with Gasteiger partial charge in [0.05, 0.1) is 5.92 Å². The summed E-state index contributed by atoms with van der Waals surface area (Å²) >= 11 is 0. The number of aromatic nitrogens is 2. The average Bonchev–Trinajstić information content (AvgIpc) is 2.98. The number of aliphatic carboxylic acids is 1. The molecule has 0 saturated heterocycles. The van der Waals surface area contributed by atoms with Crippen molar-refractivity contribution < 1.29 is 14.7 Å².